The van der Waals surface area contributed by atoms with Gasteiger partial charge in [0.05, 0.1) is 9.82 Å². The monoisotopic (exact) mass is 315 g/mol. The van der Waals surface area contributed by atoms with Crippen molar-refractivity contribution >= 4 is 21.4 Å². The van der Waals surface area contributed by atoms with E-state index >= 15 is 0 Å². The lowest BCUT2D eigenvalue weighted by Gasteiger charge is -2.22. The Morgan fingerprint density at radius 3 is 2.43 bits per heavy atom. The van der Waals surface area contributed by atoms with Crippen LogP contribution in [-0.2, 0) is 10.0 Å². The quantitative estimate of drug-likeness (QED) is 0.615. The molecule has 0 spiro atoms. The topological polar surface area (TPSA) is 92.6 Å². The molecule has 0 fully saturated rings. The van der Waals surface area contributed by atoms with Gasteiger partial charge in [-0.3, -0.25) is 10.1 Å². The van der Waals surface area contributed by atoms with Crippen LogP contribution in [0.5, 0.6) is 0 Å². The minimum Gasteiger partial charge on any atom is -0.383 e. The summed E-state index contributed by atoms with van der Waals surface area (Å²) in [4.78, 5) is 10.4. The Bertz CT molecular complexity index is 614. The van der Waals surface area contributed by atoms with E-state index in [-0.39, 0.29) is 22.2 Å². The fourth-order valence-electron chi connectivity index (χ4n) is 1.99. The van der Waals surface area contributed by atoms with Gasteiger partial charge in [-0.2, -0.15) is 4.31 Å². The van der Waals surface area contributed by atoms with Crippen LogP contribution in [0.15, 0.2) is 23.1 Å². The molecule has 1 N–H and O–H groups in total. The van der Waals surface area contributed by atoms with E-state index < -0.39 is 14.9 Å². The molecule has 0 amide bonds. The highest BCUT2D eigenvalue weighted by Gasteiger charge is 2.26. The molecule has 118 valence electrons. The first-order chi connectivity index (χ1) is 9.73. The Hall–Kier alpha value is -1.67. The summed E-state index contributed by atoms with van der Waals surface area (Å²) in [7, 11) is -2.18. The van der Waals surface area contributed by atoms with Crippen molar-refractivity contribution in [3.8, 4) is 0 Å². The molecule has 0 saturated heterocycles. The first kappa shape index (κ1) is 17.4. The van der Waals surface area contributed by atoms with E-state index in [0.717, 1.165) is 6.07 Å². The van der Waals surface area contributed by atoms with Crippen molar-refractivity contribution in [3.05, 3.63) is 28.3 Å². The number of sulfonamides is 1. The third-order valence-corrected chi connectivity index (χ3v) is 4.93. The Labute approximate surface area is 125 Å². The van der Waals surface area contributed by atoms with E-state index in [1.165, 1.54) is 16.4 Å². The number of hydrogen-bond acceptors (Lipinski definition) is 5. The Morgan fingerprint density at radius 1 is 1.38 bits per heavy atom. The van der Waals surface area contributed by atoms with Crippen LogP contribution in [0.3, 0.4) is 0 Å². The predicted octanol–water partition coefficient (Wildman–Crippen LogP) is 2.30. The Balaban J connectivity index is 3.31. The van der Waals surface area contributed by atoms with Crippen LogP contribution in [0.25, 0.3) is 0 Å². The van der Waals surface area contributed by atoms with Crippen LogP contribution in [0.4, 0.5) is 11.4 Å². The first-order valence-corrected chi connectivity index (χ1v) is 8.14. The van der Waals surface area contributed by atoms with Crippen LogP contribution in [-0.4, -0.2) is 37.8 Å². The number of benzene rings is 1. The number of nitrogens with one attached hydrogen (secondary N) is 1. The molecule has 1 aromatic carbocycles. The Kier molecular flexibility index (Phi) is 5.68. The van der Waals surface area contributed by atoms with Crippen molar-refractivity contribution < 1.29 is 13.3 Å². The molecular weight excluding hydrogens is 294 g/mol. The molecule has 1 rings (SSSR count). The molecule has 0 atom stereocenters. The molecule has 0 radical (unpaired) electrons. The van der Waals surface area contributed by atoms with Crippen molar-refractivity contribution in [2.75, 3.05) is 25.5 Å². The van der Waals surface area contributed by atoms with E-state index in [4.69, 9.17) is 0 Å². The average molecular weight is 315 g/mol. The highest BCUT2D eigenvalue weighted by atomic mass is 32.2. The van der Waals surface area contributed by atoms with Crippen LogP contribution in [0.1, 0.15) is 20.8 Å². The van der Waals surface area contributed by atoms with Gasteiger partial charge in [-0.05, 0) is 18.1 Å². The van der Waals surface area contributed by atoms with E-state index in [2.05, 4.69) is 5.32 Å². The zero-order chi connectivity index (χ0) is 16.2. The van der Waals surface area contributed by atoms with Crippen molar-refractivity contribution in [1.29, 1.82) is 0 Å². The molecule has 0 heterocycles. The second kappa shape index (κ2) is 6.86. The summed E-state index contributed by atoms with van der Waals surface area (Å²) in [5, 5.41) is 13.7. The van der Waals surface area contributed by atoms with Gasteiger partial charge in [0, 0.05) is 26.2 Å². The van der Waals surface area contributed by atoms with Gasteiger partial charge < -0.3 is 5.32 Å². The van der Waals surface area contributed by atoms with Crippen molar-refractivity contribution in [3.63, 3.8) is 0 Å². The van der Waals surface area contributed by atoms with Gasteiger partial charge >= 0.3 is 0 Å². The van der Waals surface area contributed by atoms with Crippen molar-refractivity contribution in [2.45, 2.75) is 25.7 Å². The molecule has 0 aliphatic rings. The number of nitro benzene ring substituents is 1. The predicted molar refractivity (Wildman–Crippen MR) is 81.9 cm³/mol. The van der Waals surface area contributed by atoms with Crippen LogP contribution < -0.4 is 5.32 Å². The first-order valence-electron chi connectivity index (χ1n) is 6.70. The molecule has 0 saturated carbocycles. The maximum absolute atomic E-state index is 12.6. The highest BCUT2D eigenvalue weighted by molar-refractivity contribution is 7.89. The molecule has 0 unspecified atom stereocenters. The third kappa shape index (κ3) is 3.92. The van der Waals surface area contributed by atoms with Gasteiger partial charge in [-0.15, -0.1) is 0 Å². The largest absolute Gasteiger partial charge is 0.383 e. The number of nitro groups is 1. The lowest BCUT2D eigenvalue weighted by Crippen LogP contribution is -2.34. The van der Waals surface area contributed by atoms with Gasteiger partial charge in [0.25, 0.3) is 5.69 Å². The minimum absolute atomic E-state index is 0.0595. The van der Waals surface area contributed by atoms with Crippen LogP contribution in [0.2, 0.25) is 0 Å². The van der Waals surface area contributed by atoms with Crippen molar-refractivity contribution in [2.24, 2.45) is 5.92 Å². The molecule has 8 heteroatoms. The van der Waals surface area contributed by atoms with Gasteiger partial charge in [-0.25, -0.2) is 8.42 Å². The fraction of sp³-hybridized carbons (Fsp3) is 0.538. The van der Waals surface area contributed by atoms with Gasteiger partial charge in [-0.1, -0.05) is 20.8 Å². The molecule has 1 aromatic rings. The number of anilines is 1. The number of nitrogens with zero attached hydrogens (tertiary/aromatic N) is 2. The summed E-state index contributed by atoms with van der Waals surface area (Å²) in [6, 6.07) is 3.90. The summed E-state index contributed by atoms with van der Waals surface area (Å²) < 4.78 is 26.4. The van der Waals surface area contributed by atoms with E-state index in [1.54, 1.807) is 14.0 Å². The maximum atomic E-state index is 12.6. The SMILES string of the molecule is CCN(CC(C)C)S(=O)(=O)c1ccc(NC)c([N+](=O)[O-])c1. The maximum Gasteiger partial charge on any atom is 0.293 e. The van der Waals surface area contributed by atoms with Crippen molar-refractivity contribution in [1.82, 2.24) is 4.31 Å². The molecule has 0 aromatic heterocycles. The summed E-state index contributed by atoms with van der Waals surface area (Å²) in [6.45, 7) is 6.29. The van der Waals surface area contributed by atoms with E-state index in [0.29, 0.717) is 13.1 Å². The zero-order valence-corrected chi connectivity index (χ0v) is 13.5. The third-order valence-electron chi connectivity index (χ3n) is 2.99. The highest BCUT2D eigenvalue weighted by Crippen LogP contribution is 2.28. The van der Waals surface area contributed by atoms with Crippen LogP contribution in [0, 0.1) is 16.0 Å². The average Bonchev–Trinajstić information content (AvgIpc) is 2.43. The molecule has 21 heavy (non-hydrogen) atoms. The standard InChI is InChI=1S/C13H21N3O4S/c1-5-15(9-10(2)3)21(19,20)11-6-7-12(14-4)13(8-11)16(17)18/h6-8,10,14H,5,9H2,1-4H3. The number of hydrogen-bond donors (Lipinski definition) is 1. The molecule has 0 bridgehead atoms. The molecule has 0 aliphatic heterocycles. The smallest absolute Gasteiger partial charge is 0.293 e. The second-order valence-electron chi connectivity index (χ2n) is 5.04. The fourth-order valence-corrected chi connectivity index (χ4v) is 3.62. The lowest BCUT2D eigenvalue weighted by molar-refractivity contribution is -0.384. The Morgan fingerprint density at radius 2 is 2.00 bits per heavy atom. The summed E-state index contributed by atoms with van der Waals surface area (Å²) >= 11 is 0. The second-order valence-corrected chi connectivity index (χ2v) is 6.97. The molecule has 7 nitrogen and oxygen atoms in total. The van der Waals surface area contributed by atoms with Crippen LogP contribution >= 0.6 is 0 Å². The summed E-state index contributed by atoms with van der Waals surface area (Å²) in [6.07, 6.45) is 0. The zero-order valence-electron chi connectivity index (χ0n) is 12.7. The normalized spacial score (nSPS) is 11.9. The minimum atomic E-state index is -3.73. The summed E-state index contributed by atoms with van der Waals surface area (Å²) in [5.74, 6) is 0.172. The molecular formula is C13H21N3O4S. The summed E-state index contributed by atoms with van der Waals surface area (Å²) in [5.41, 5.74) is 0.0324. The molecule has 0 aliphatic carbocycles. The number of rotatable bonds is 7. The van der Waals surface area contributed by atoms with E-state index in [9.17, 15) is 18.5 Å². The lowest BCUT2D eigenvalue weighted by atomic mass is 10.2. The van der Waals surface area contributed by atoms with E-state index in [1.807, 2.05) is 13.8 Å². The van der Waals surface area contributed by atoms with Gasteiger partial charge in [0.1, 0.15) is 5.69 Å². The van der Waals surface area contributed by atoms with Gasteiger partial charge in [0.2, 0.25) is 10.0 Å². The van der Waals surface area contributed by atoms with Gasteiger partial charge in [0.15, 0.2) is 0 Å².